The lowest BCUT2D eigenvalue weighted by Crippen LogP contribution is -2.36. The lowest BCUT2D eigenvalue weighted by molar-refractivity contribution is 0.0304. The van der Waals surface area contributed by atoms with E-state index in [1.54, 1.807) is 12.7 Å². The van der Waals surface area contributed by atoms with Crippen LogP contribution in [-0.2, 0) is 6.54 Å². The Bertz CT molecular complexity index is 865. The normalized spacial score (nSPS) is 30.0. The zero-order valence-corrected chi connectivity index (χ0v) is 14.6. The molecule has 2 fully saturated rings. The first-order valence-corrected chi connectivity index (χ1v) is 9.45. The maximum absolute atomic E-state index is 10.5. The van der Waals surface area contributed by atoms with Crippen LogP contribution in [0.3, 0.4) is 0 Å². The lowest BCUT2D eigenvalue weighted by Gasteiger charge is -2.35. The summed E-state index contributed by atoms with van der Waals surface area (Å²) in [6.07, 6.45) is 4.75. The van der Waals surface area contributed by atoms with Gasteiger partial charge in [0, 0.05) is 19.6 Å². The third-order valence-corrected chi connectivity index (χ3v) is 6.24. The summed E-state index contributed by atoms with van der Waals surface area (Å²) in [6, 6.07) is 6.41. The Morgan fingerprint density at radius 3 is 2.80 bits per heavy atom. The van der Waals surface area contributed by atoms with Crippen molar-refractivity contribution in [2.24, 2.45) is 11.8 Å². The van der Waals surface area contributed by atoms with E-state index in [9.17, 15) is 5.11 Å². The Balaban J connectivity index is 1.29. The molecule has 8 heteroatoms. The van der Waals surface area contributed by atoms with Crippen LogP contribution in [0.4, 0.5) is 0 Å². The summed E-state index contributed by atoms with van der Waals surface area (Å²) in [5, 5.41) is 14.8. The van der Waals surface area contributed by atoms with Gasteiger partial charge in [0.1, 0.15) is 23.7 Å². The van der Waals surface area contributed by atoms with Gasteiger partial charge >= 0.3 is 0 Å². The predicted octanol–water partition coefficient (Wildman–Crippen LogP) is 1.73. The summed E-state index contributed by atoms with van der Waals surface area (Å²) < 4.78 is 10.4. The summed E-state index contributed by atoms with van der Waals surface area (Å²) >= 11 is 1.26. The van der Waals surface area contributed by atoms with Crippen molar-refractivity contribution in [1.29, 1.82) is 0 Å². The third kappa shape index (κ3) is 2.84. The van der Waals surface area contributed by atoms with Crippen LogP contribution < -0.4 is 0 Å². The standard InChI is InChI=1S/C17H20N6OS/c24-17-5-13-8-22(6-11-1-2-14-15(3-11)21-25-20-14)7-12(13)4-16(17)23-10-18-9-19-23/h1-3,9-10,12-13,16-17,24H,4-8H2/t12-,13+,16-,17-/m1/s1. The summed E-state index contributed by atoms with van der Waals surface area (Å²) in [4.78, 5) is 6.54. The molecule has 0 bridgehead atoms. The average Bonchev–Trinajstić information content (AvgIpc) is 3.33. The summed E-state index contributed by atoms with van der Waals surface area (Å²) in [5.41, 5.74) is 3.25. The van der Waals surface area contributed by atoms with E-state index in [1.807, 2.05) is 4.68 Å². The lowest BCUT2D eigenvalue weighted by atomic mass is 9.77. The van der Waals surface area contributed by atoms with Gasteiger partial charge in [-0.15, -0.1) is 0 Å². The van der Waals surface area contributed by atoms with Gasteiger partial charge in [0.05, 0.1) is 23.9 Å². The van der Waals surface area contributed by atoms with E-state index >= 15 is 0 Å². The number of aliphatic hydroxyl groups is 1. The molecule has 0 unspecified atom stereocenters. The number of hydrogen-bond donors (Lipinski definition) is 1. The van der Waals surface area contributed by atoms with Crippen molar-refractivity contribution in [2.75, 3.05) is 13.1 Å². The summed E-state index contributed by atoms with van der Waals surface area (Å²) in [7, 11) is 0. The molecule has 7 nitrogen and oxygen atoms in total. The zero-order chi connectivity index (χ0) is 16.8. The number of nitrogens with zero attached hydrogens (tertiary/aromatic N) is 6. The van der Waals surface area contributed by atoms with Crippen molar-refractivity contribution in [3.05, 3.63) is 36.4 Å². The number of fused-ring (bicyclic) bond motifs is 2. The van der Waals surface area contributed by atoms with Gasteiger partial charge in [-0.25, -0.2) is 9.67 Å². The van der Waals surface area contributed by atoms with E-state index in [1.165, 1.54) is 17.3 Å². The zero-order valence-electron chi connectivity index (χ0n) is 13.8. The second-order valence-electron chi connectivity index (χ2n) is 7.28. The second-order valence-corrected chi connectivity index (χ2v) is 7.81. The molecule has 1 N–H and O–H groups in total. The number of benzene rings is 1. The molecular formula is C17H20N6OS. The molecule has 2 aliphatic rings. The van der Waals surface area contributed by atoms with Crippen LogP contribution in [0.5, 0.6) is 0 Å². The van der Waals surface area contributed by atoms with Gasteiger partial charge in [-0.2, -0.15) is 13.8 Å². The minimum atomic E-state index is -0.333. The molecule has 5 rings (SSSR count). The molecule has 130 valence electrons. The average molecular weight is 356 g/mol. The van der Waals surface area contributed by atoms with Crippen LogP contribution in [-0.4, -0.2) is 52.7 Å². The van der Waals surface area contributed by atoms with Crippen molar-refractivity contribution in [3.8, 4) is 0 Å². The Kier molecular flexibility index (Phi) is 3.76. The van der Waals surface area contributed by atoms with Crippen LogP contribution >= 0.6 is 11.7 Å². The van der Waals surface area contributed by atoms with Crippen LogP contribution in [0.1, 0.15) is 24.4 Å². The predicted molar refractivity (Wildman–Crippen MR) is 94.0 cm³/mol. The van der Waals surface area contributed by atoms with Crippen molar-refractivity contribution in [1.82, 2.24) is 28.4 Å². The highest BCUT2D eigenvalue weighted by molar-refractivity contribution is 7.00. The Hall–Kier alpha value is -1.90. The topological polar surface area (TPSA) is 80.0 Å². The van der Waals surface area contributed by atoms with Crippen LogP contribution in [0.15, 0.2) is 30.9 Å². The van der Waals surface area contributed by atoms with Crippen LogP contribution in [0.25, 0.3) is 11.0 Å². The molecule has 3 aromatic rings. The largest absolute Gasteiger partial charge is 0.391 e. The van der Waals surface area contributed by atoms with Gasteiger partial charge in [-0.3, -0.25) is 4.90 Å². The molecule has 1 saturated carbocycles. The van der Waals surface area contributed by atoms with Crippen LogP contribution in [0, 0.1) is 11.8 Å². The first kappa shape index (κ1) is 15.4. The third-order valence-electron chi connectivity index (χ3n) is 5.69. The summed E-state index contributed by atoms with van der Waals surface area (Å²) in [6.45, 7) is 3.07. The minimum Gasteiger partial charge on any atom is -0.391 e. The van der Waals surface area contributed by atoms with E-state index < -0.39 is 0 Å². The molecule has 2 aromatic heterocycles. The molecule has 3 heterocycles. The highest BCUT2D eigenvalue weighted by Crippen LogP contribution is 2.41. The highest BCUT2D eigenvalue weighted by atomic mass is 32.1. The van der Waals surface area contributed by atoms with Crippen molar-refractivity contribution in [3.63, 3.8) is 0 Å². The van der Waals surface area contributed by atoms with E-state index in [-0.39, 0.29) is 12.1 Å². The number of aromatic nitrogens is 5. The molecule has 1 aliphatic carbocycles. The SMILES string of the molecule is O[C@@H]1C[C@H]2CN(Cc3ccc4nsnc4c3)C[C@H]2C[C@H]1n1cncn1. The Morgan fingerprint density at radius 1 is 1.12 bits per heavy atom. The van der Waals surface area contributed by atoms with E-state index in [0.29, 0.717) is 11.8 Å². The molecule has 1 saturated heterocycles. The molecule has 25 heavy (non-hydrogen) atoms. The number of aliphatic hydroxyl groups excluding tert-OH is 1. The number of hydrogen-bond acceptors (Lipinski definition) is 7. The van der Waals surface area contributed by atoms with Crippen molar-refractivity contribution >= 4 is 22.8 Å². The first-order chi connectivity index (χ1) is 12.3. The van der Waals surface area contributed by atoms with Crippen molar-refractivity contribution in [2.45, 2.75) is 31.5 Å². The number of likely N-dealkylation sites (tertiary alicyclic amines) is 1. The van der Waals surface area contributed by atoms with Crippen LogP contribution in [0.2, 0.25) is 0 Å². The Morgan fingerprint density at radius 2 is 1.96 bits per heavy atom. The monoisotopic (exact) mass is 356 g/mol. The molecule has 1 aromatic carbocycles. The van der Waals surface area contributed by atoms with E-state index in [0.717, 1.165) is 43.5 Å². The van der Waals surface area contributed by atoms with E-state index in [4.69, 9.17) is 0 Å². The fraction of sp³-hybridized carbons (Fsp3) is 0.529. The van der Waals surface area contributed by atoms with Gasteiger partial charge in [-0.05, 0) is 42.4 Å². The maximum atomic E-state index is 10.5. The van der Waals surface area contributed by atoms with Gasteiger partial charge in [0.2, 0.25) is 0 Å². The molecular weight excluding hydrogens is 336 g/mol. The van der Waals surface area contributed by atoms with Gasteiger partial charge in [0.25, 0.3) is 0 Å². The van der Waals surface area contributed by atoms with Gasteiger partial charge in [-0.1, -0.05) is 6.07 Å². The molecule has 0 amide bonds. The first-order valence-electron chi connectivity index (χ1n) is 8.72. The number of rotatable bonds is 3. The summed E-state index contributed by atoms with van der Waals surface area (Å²) in [5.74, 6) is 1.18. The smallest absolute Gasteiger partial charge is 0.137 e. The minimum absolute atomic E-state index is 0.0566. The molecule has 0 radical (unpaired) electrons. The quantitative estimate of drug-likeness (QED) is 0.770. The Labute approximate surface area is 149 Å². The second kappa shape index (κ2) is 6.12. The fourth-order valence-corrected chi connectivity index (χ4v) is 5.01. The highest BCUT2D eigenvalue weighted by Gasteiger charge is 2.42. The molecule has 4 atom stereocenters. The maximum Gasteiger partial charge on any atom is 0.137 e. The molecule has 1 aliphatic heterocycles. The van der Waals surface area contributed by atoms with Crippen molar-refractivity contribution < 1.29 is 5.11 Å². The van der Waals surface area contributed by atoms with Gasteiger partial charge in [0.15, 0.2) is 0 Å². The molecule has 0 spiro atoms. The van der Waals surface area contributed by atoms with Gasteiger partial charge < -0.3 is 5.11 Å². The fourth-order valence-electron chi connectivity index (χ4n) is 4.49. The van der Waals surface area contributed by atoms with E-state index in [2.05, 4.69) is 41.9 Å².